The summed E-state index contributed by atoms with van der Waals surface area (Å²) in [4.78, 5) is 18.4. The van der Waals surface area contributed by atoms with E-state index >= 15 is 0 Å². The van der Waals surface area contributed by atoms with Crippen LogP contribution in [0.5, 0.6) is 0 Å². The minimum atomic E-state index is -1.05. The lowest BCUT2D eigenvalue weighted by Gasteiger charge is -2.13. The molecule has 1 heterocycles. The van der Waals surface area contributed by atoms with Crippen molar-refractivity contribution < 1.29 is 15.0 Å². The first-order valence-corrected chi connectivity index (χ1v) is 5.05. The number of carboxylic acid groups (broad SMARTS) is 1. The monoisotopic (exact) mass is 225 g/mol. The first kappa shape index (κ1) is 12.5. The Kier molecular flexibility index (Phi) is 4.81. The quantitative estimate of drug-likeness (QED) is 0.632. The Morgan fingerprint density at radius 3 is 2.94 bits per heavy atom. The van der Waals surface area contributed by atoms with Crippen LogP contribution in [0.4, 0.5) is 0 Å². The van der Waals surface area contributed by atoms with Gasteiger partial charge in [0.1, 0.15) is 11.9 Å². The van der Waals surface area contributed by atoms with Crippen LogP contribution in [0, 0.1) is 0 Å². The molecule has 3 N–H and O–H groups in total. The highest BCUT2D eigenvalue weighted by Gasteiger charge is 2.12. The highest BCUT2D eigenvalue weighted by Crippen LogP contribution is 2.04. The Labute approximate surface area is 93.4 Å². The van der Waals surface area contributed by atoms with E-state index in [9.17, 15) is 4.79 Å². The zero-order valence-electron chi connectivity index (χ0n) is 9.05. The smallest absolute Gasteiger partial charge is 0.339 e. The van der Waals surface area contributed by atoms with E-state index in [2.05, 4.69) is 15.3 Å². The Hall–Kier alpha value is -1.53. The lowest BCUT2D eigenvalue weighted by atomic mass is 10.2. The number of carboxylic acids is 1. The molecular formula is C10H15N3O3. The van der Waals surface area contributed by atoms with E-state index in [1.165, 1.54) is 12.5 Å². The number of aromatic carboxylic acids is 1. The van der Waals surface area contributed by atoms with Gasteiger partial charge < -0.3 is 15.5 Å². The molecule has 16 heavy (non-hydrogen) atoms. The molecule has 0 aliphatic heterocycles. The van der Waals surface area contributed by atoms with E-state index in [4.69, 9.17) is 10.2 Å². The molecule has 1 aromatic heterocycles. The summed E-state index contributed by atoms with van der Waals surface area (Å²) in [6, 6.07) is -0.0448. The SMILES string of the molecule is CCC(CO)NCc1ncncc1C(=O)O. The summed E-state index contributed by atoms with van der Waals surface area (Å²) in [7, 11) is 0. The first-order chi connectivity index (χ1) is 7.69. The first-order valence-electron chi connectivity index (χ1n) is 5.05. The molecule has 1 unspecified atom stereocenters. The van der Waals surface area contributed by atoms with E-state index in [-0.39, 0.29) is 18.2 Å². The minimum absolute atomic E-state index is 0.0178. The molecule has 1 atom stereocenters. The fourth-order valence-corrected chi connectivity index (χ4v) is 1.25. The summed E-state index contributed by atoms with van der Waals surface area (Å²) >= 11 is 0. The van der Waals surface area contributed by atoms with Crippen molar-refractivity contribution in [3.8, 4) is 0 Å². The maximum Gasteiger partial charge on any atom is 0.339 e. The summed E-state index contributed by atoms with van der Waals surface area (Å²) in [5.41, 5.74) is 0.511. The summed E-state index contributed by atoms with van der Waals surface area (Å²) < 4.78 is 0. The topological polar surface area (TPSA) is 95.3 Å². The molecule has 88 valence electrons. The Morgan fingerprint density at radius 1 is 1.62 bits per heavy atom. The van der Waals surface area contributed by atoms with Crippen LogP contribution >= 0.6 is 0 Å². The van der Waals surface area contributed by atoms with Crippen LogP contribution in [0.15, 0.2) is 12.5 Å². The second-order valence-corrected chi connectivity index (χ2v) is 3.36. The van der Waals surface area contributed by atoms with E-state index in [1.54, 1.807) is 0 Å². The fourth-order valence-electron chi connectivity index (χ4n) is 1.25. The maximum absolute atomic E-state index is 10.8. The van der Waals surface area contributed by atoms with Gasteiger partial charge in [-0.3, -0.25) is 0 Å². The number of aliphatic hydroxyl groups is 1. The van der Waals surface area contributed by atoms with Gasteiger partial charge >= 0.3 is 5.97 Å². The van der Waals surface area contributed by atoms with Crippen molar-refractivity contribution >= 4 is 5.97 Å². The molecule has 0 aliphatic carbocycles. The van der Waals surface area contributed by atoms with Gasteiger partial charge in [0.25, 0.3) is 0 Å². The van der Waals surface area contributed by atoms with Crippen LogP contribution in [0.2, 0.25) is 0 Å². The summed E-state index contributed by atoms with van der Waals surface area (Å²) in [6.07, 6.45) is 3.35. The van der Waals surface area contributed by atoms with Gasteiger partial charge in [0, 0.05) is 18.8 Å². The number of hydrogen-bond donors (Lipinski definition) is 3. The van der Waals surface area contributed by atoms with Gasteiger partial charge in [-0.05, 0) is 6.42 Å². The third-order valence-electron chi connectivity index (χ3n) is 2.30. The van der Waals surface area contributed by atoms with Gasteiger partial charge in [0.2, 0.25) is 0 Å². The van der Waals surface area contributed by atoms with Crippen molar-refractivity contribution in [2.45, 2.75) is 25.9 Å². The van der Waals surface area contributed by atoms with Crippen molar-refractivity contribution in [2.75, 3.05) is 6.61 Å². The highest BCUT2D eigenvalue weighted by molar-refractivity contribution is 5.88. The standard InChI is InChI=1S/C10H15N3O3/c1-2-7(5-14)12-4-9-8(10(15)16)3-11-6-13-9/h3,6-7,12,14H,2,4-5H2,1H3,(H,15,16). The summed E-state index contributed by atoms with van der Waals surface area (Å²) in [5, 5.41) is 20.9. The molecule has 0 bridgehead atoms. The molecule has 6 nitrogen and oxygen atoms in total. The third kappa shape index (κ3) is 3.25. The number of nitrogens with one attached hydrogen (secondary N) is 1. The number of aliphatic hydroxyl groups excluding tert-OH is 1. The number of hydrogen-bond acceptors (Lipinski definition) is 5. The van der Waals surface area contributed by atoms with Gasteiger partial charge in [0.05, 0.1) is 12.3 Å². The lowest BCUT2D eigenvalue weighted by molar-refractivity contribution is 0.0694. The average Bonchev–Trinajstić information content (AvgIpc) is 2.30. The number of aromatic nitrogens is 2. The van der Waals surface area contributed by atoms with Crippen LogP contribution in [0.1, 0.15) is 29.4 Å². The Bertz CT molecular complexity index is 353. The maximum atomic E-state index is 10.8. The van der Waals surface area contributed by atoms with Crippen molar-refractivity contribution in [3.63, 3.8) is 0 Å². The molecule has 0 amide bonds. The third-order valence-corrected chi connectivity index (χ3v) is 2.30. The van der Waals surface area contributed by atoms with Crippen LogP contribution in [0.3, 0.4) is 0 Å². The van der Waals surface area contributed by atoms with Gasteiger partial charge in [-0.15, -0.1) is 0 Å². The van der Waals surface area contributed by atoms with Crippen LogP contribution < -0.4 is 5.32 Å². The van der Waals surface area contributed by atoms with Gasteiger partial charge in [-0.1, -0.05) is 6.92 Å². The van der Waals surface area contributed by atoms with Crippen molar-refractivity contribution in [1.29, 1.82) is 0 Å². The molecule has 0 spiro atoms. The average molecular weight is 225 g/mol. The fraction of sp³-hybridized carbons (Fsp3) is 0.500. The largest absolute Gasteiger partial charge is 0.478 e. The van der Waals surface area contributed by atoms with Gasteiger partial charge in [0.15, 0.2) is 0 Å². The van der Waals surface area contributed by atoms with Crippen molar-refractivity contribution in [1.82, 2.24) is 15.3 Å². The van der Waals surface area contributed by atoms with Crippen LogP contribution in [-0.2, 0) is 6.54 Å². The van der Waals surface area contributed by atoms with E-state index in [1.807, 2.05) is 6.92 Å². The predicted octanol–water partition coefficient (Wildman–Crippen LogP) is 0.0353. The molecule has 0 saturated carbocycles. The summed E-state index contributed by atoms with van der Waals surface area (Å²) in [5.74, 6) is -1.05. The molecular weight excluding hydrogens is 210 g/mol. The predicted molar refractivity (Wildman–Crippen MR) is 57.0 cm³/mol. The molecule has 0 aromatic carbocycles. The molecule has 0 fully saturated rings. The number of rotatable bonds is 6. The van der Waals surface area contributed by atoms with E-state index in [0.29, 0.717) is 12.2 Å². The van der Waals surface area contributed by atoms with Crippen LogP contribution in [0.25, 0.3) is 0 Å². The van der Waals surface area contributed by atoms with Crippen molar-refractivity contribution in [3.05, 3.63) is 23.8 Å². The van der Waals surface area contributed by atoms with E-state index in [0.717, 1.165) is 6.42 Å². The normalized spacial score (nSPS) is 12.4. The second kappa shape index (κ2) is 6.14. The highest BCUT2D eigenvalue weighted by atomic mass is 16.4. The van der Waals surface area contributed by atoms with Gasteiger partial charge in [-0.2, -0.15) is 0 Å². The summed E-state index contributed by atoms with van der Waals surface area (Å²) in [6.45, 7) is 2.26. The van der Waals surface area contributed by atoms with Crippen molar-refractivity contribution in [2.24, 2.45) is 0 Å². The van der Waals surface area contributed by atoms with Gasteiger partial charge in [-0.25, -0.2) is 14.8 Å². The Morgan fingerprint density at radius 2 is 2.38 bits per heavy atom. The number of carbonyl (C=O) groups is 1. The molecule has 1 rings (SSSR count). The zero-order chi connectivity index (χ0) is 12.0. The van der Waals surface area contributed by atoms with Crippen LogP contribution in [-0.4, -0.2) is 38.8 Å². The molecule has 0 aliphatic rings. The zero-order valence-corrected chi connectivity index (χ0v) is 9.05. The molecule has 1 aromatic rings. The Balaban J connectivity index is 2.69. The lowest BCUT2D eigenvalue weighted by Crippen LogP contribution is -2.32. The molecule has 6 heteroatoms. The number of nitrogens with zero attached hydrogens (tertiary/aromatic N) is 2. The molecule has 0 radical (unpaired) electrons. The van der Waals surface area contributed by atoms with E-state index < -0.39 is 5.97 Å². The minimum Gasteiger partial charge on any atom is -0.478 e. The second-order valence-electron chi connectivity index (χ2n) is 3.36. The molecule has 0 saturated heterocycles.